The maximum Gasteiger partial charge on any atom is 0.328 e. The van der Waals surface area contributed by atoms with E-state index < -0.39 is 5.97 Å². The molecule has 106 valence electrons. The zero-order chi connectivity index (χ0) is 15.0. The number of aliphatic carboxylic acids is 1. The van der Waals surface area contributed by atoms with Crippen molar-refractivity contribution in [1.29, 1.82) is 0 Å². The number of hydrogen-bond acceptors (Lipinski definition) is 3. The maximum absolute atomic E-state index is 11.8. The van der Waals surface area contributed by atoms with Crippen molar-refractivity contribution < 1.29 is 19.5 Å². The Hall–Kier alpha value is -2.63. The smallest absolute Gasteiger partial charge is 0.328 e. The summed E-state index contributed by atoms with van der Waals surface area (Å²) < 4.78 is 0. The first-order valence-corrected chi connectivity index (χ1v) is 6.03. The van der Waals surface area contributed by atoms with E-state index in [0.29, 0.717) is 24.2 Å². The molecule has 20 heavy (non-hydrogen) atoms. The molecule has 6 nitrogen and oxygen atoms in total. The number of amides is 2. The summed E-state index contributed by atoms with van der Waals surface area (Å²) in [6, 6.07) is 6.59. The minimum atomic E-state index is -1.05. The highest BCUT2D eigenvalue weighted by molar-refractivity contribution is 5.95. The van der Waals surface area contributed by atoms with Crippen LogP contribution in [0.1, 0.15) is 22.8 Å². The van der Waals surface area contributed by atoms with Crippen molar-refractivity contribution in [3.63, 3.8) is 0 Å². The third kappa shape index (κ3) is 5.81. The molecule has 0 aliphatic heterocycles. The highest BCUT2D eigenvalue weighted by Gasteiger charge is 2.04. The summed E-state index contributed by atoms with van der Waals surface area (Å²) in [5, 5.41) is 13.8. The van der Waals surface area contributed by atoms with Gasteiger partial charge in [-0.15, -0.1) is 0 Å². The quantitative estimate of drug-likeness (QED) is 0.525. The van der Waals surface area contributed by atoms with Gasteiger partial charge in [-0.2, -0.15) is 0 Å². The largest absolute Gasteiger partial charge is 0.478 e. The monoisotopic (exact) mass is 276 g/mol. The average Bonchev–Trinajstić information content (AvgIpc) is 2.41. The second kappa shape index (κ2) is 7.73. The summed E-state index contributed by atoms with van der Waals surface area (Å²) in [6.45, 7) is 2.09. The Kier molecular flexibility index (Phi) is 5.96. The van der Waals surface area contributed by atoms with Gasteiger partial charge in [0.2, 0.25) is 5.91 Å². The Morgan fingerprint density at radius 1 is 1.20 bits per heavy atom. The van der Waals surface area contributed by atoms with E-state index in [1.165, 1.54) is 13.0 Å². The molecule has 0 saturated heterocycles. The van der Waals surface area contributed by atoms with Crippen molar-refractivity contribution in [2.24, 2.45) is 0 Å². The predicted molar refractivity (Wildman–Crippen MR) is 74.1 cm³/mol. The van der Waals surface area contributed by atoms with E-state index in [1.807, 2.05) is 0 Å². The topological polar surface area (TPSA) is 95.5 Å². The van der Waals surface area contributed by atoms with Crippen LogP contribution in [0.3, 0.4) is 0 Å². The molecule has 0 bridgehead atoms. The van der Waals surface area contributed by atoms with Gasteiger partial charge in [-0.05, 0) is 23.8 Å². The van der Waals surface area contributed by atoms with Crippen molar-refractivity contribution in [1.82, 2.24) is 10.6 Å². The van der Waals surface area contributed by atoms with Crippen LogP contribution in [-0.2, 0) is 9.59 Å². The molecule has 1 aromatic rings. The molecule has 0 atom stereocenters. The fourth-order valence-electron chi connectivity index (χ4n) is 1.47. The number of rotatable bonds is 6. The third-order valence-corrected chi connectivity index (χ3v) is 2.35. The van der Waals surface area contributed by atoms with Gasteiger partial charge in [0.1, 0.15) is 0 Å². The number of carboxylic acid groups (broad SMARTS) is 1. The Morgan fingerprint density at radius 3 is 2.55 bits per heavy atom. The highest BCUT2D eigenvalue weighted by atomic mass is 16.4. The van der Waals surface area contributed by atoms with Crippen molar-refractivity contribution in [2.75, 3.05) is 13.1 Å². The molecule has 1 aromatic carbocycles. The molecule has 1 rings (SSSR count). The van der Waals surface area contributed by atoms with Crippen LogP contribution in [0.4, 0.5) is 0 Å². The Bertz CT molecular complexity index is 538. The molecule has 2 amide bonds. The van der Waals surface area contributed by atoms with E-state index in [9.17, 15) is 14.4 Å². The van der Waals surface area contributed by atoms with Gasteiger partial charge in [-0.25, -0.2) is 4.79 Å². The second-order valence-electron chi connectivity index (χ2n) is 4.04. The van der Waals surface area contributed by atoms with Gasteiger partial charge in [0.25, 0.3) is 5.91 Å². The standard InChI is InChI=1S/C14H16N2O4/c1-10(17)15-7-8-16-14(20)12-4-2-3-11(9-12)5-6-13(18)19/h2-6,9H,7-8H2,1H3,(H,15,17)(H,16,20)(H,18,19). The van der Waals surface area contributed by atoms with Gasteiger partial charge in [0.05, 0.1) is 0 Å². The van der Waals surface area contributed by atoms with Crippen LogP contribution >= 0.6 is 0 Å². The van der Waals surface area contributed by atoms with E-state index >= 15 is 0 Å². The predicted octanol–water partition coefficient (Wildman–Crippen LogP) is 0.650. The Morgan fingerprint density at radius 2 is 1.90 bits per heavy atom. The Balaban J connectivity index is 2.57. The molecule has 0 aromatic heterocycles. The summed E-state index contributed by atoms with van der Waals surface area (Å²) in [5.41, 5.74) is 1.06. The van der Waals surface area contributed by atoms with Gasteiger partial charge in [0.15, 0.2) is 0 Å². The highest BCUT2D eigenvalue weighted by Crippen LogP contribution is 2.07. The lowest BCUT2D eigenvalue weighted by atomic mass is 10.1. The van der Waals surface area contributed by atoms with E-state index in [0.717, 1.165) is 6.08 Å². The number of nitrogens with one attached hydrogen (secondary N) is 2. The molecule has 0 spiro atoms. The fourth-order valence-corrected chi connectivity index (χ4v) is 1.47. The van der Waals surface area contributed by atoms with Gasteiger partial charge in [-0.3, -0.25) is 9.59 Å². The number of hydrogen-bond donors (Lipinski definition) is 3. The fraction of sp³-hybridized carbons (Fsp3) is 0.214. The molecule has 0 fully saturated rings. The van der Waals surface area contributed by atoms with E-state index in [4.69, 9.17) is 5.11 Å². The lowest BCUT2D eigenvalue weighted by Crippen LogP contribution is -2.33. The maximum atomic E-state index is 11.8. The molecule has 0 aliphatic rings. The van der Waals surface area contributed by atoms with Crippen molar-refractivity contribution >= 4 is 23.9 Å². The van der Waals surface area contributed by atoms with Crippen LogP contribution in [0.15, 0.2) is 30.3 Å². The van der Waals surface area contributed by atoms with Crippen LogP contribution in [0.25, 0.3) is 6.08 Å². The first kappa shape index (κ1) is 15.4. The minimum Gasteiger partial charge on any atom is -0.478 e. The third-order valence-electron chi connectivity index (χ3n) is 2.35. The lowest BCUT2D eigenvalue weighted by Gasteiger charge is -2.06. The van der Waals surface area contributed by atoms with Gasteiger partial charge < -0.3 is 15.7 Å². The van der Waals surface area contributed by atoms with Gasteiger partial charge in [-0.1, -0.05) is 12.1 Å². The van der Waals surface area contributed by atoms with Crippen LogP contribution in [0.2, 0.25) is 0 Å². The van der Waals surface area contributed by atoms with Crippen molar-refractivity contribution in [3.05, 3.63) is 41.5 Å². The first-order chi connectivity index (χ1) is 9.49. The molecular weight excluding hydrogens is 260 g/mol. The summed E-state index contributed by atoms with van der Waals surface area (Å²) in [4.78, 5) is 32.9. The van der Waals surface area contributed by atoms with Crippen molar-refractivity contribution in [3.8, 4) is 0 Å². The van der Waals surface area contributed by atoms with Crippen LogP contribution in [-0.4, -0.2) is 36.0 Å². The zero-order valence-corrected chi connectivity index (χ0v) is 11.1. The lowest BCUT2D eigenvalue weighted by molar-refractivity contribution is -0.131. The molecule has 0 unspecified atom stereocenters. The van der Waals surface area contributed by atoms with Gasteiger partial charge >= 0.3 is 5.97 Å². The number of benzene rings is 1. The molecule has 6 heteroatoms. The molecule has 0 saturated carbocycles. The average molecular weight is 276 g/mol. The van der Waals surface area contributed by atoms with E-state index in [1.54, 1.807) is 24.3 Å². The van der Waals surface area contributed by atoms with E-state index in [2.05, 4.69) is 10.6 Å². The Labute approximate surface area is 116 Å². The summed E-state index contributed by atoms with van der Waals surface area (Å²) in [6.07, 6.45) is 2.42. The van der Waals surface area contributed by atoms with Crippen LogP contribution in [0, 0.1) is 0 Å². The minimum absolute atomic E-state index is 0.153. The zero-order valence-electron chi connectivity index (χ0n) is 11.1. The van der Waals surface area contributed by atoms with Crippen LogP contribution < -0.4 is 10.6 Å². The molecule has 0 aliphatic carbocycles. The first-order valence-electron chi connectivity index (χ1n) is 6.03. The molecule has 3 N–H and O–H groups in total. The normalized spacial score (nSPS) is 10.2. The summed E-state index contributed by atoms with van der Waals surface area (Å²) in [5.74, 6) is -1.48. The van der Waals surface area contributed by atoms with Crippen LogP contribution in [0.5, 0.6) is 0 Å². The summed E-state index contributed by atoms with van der Waals surface area (Å²) in [7, 11) is 0. The molecule has 0 heterocycles. The number of carbonyl (C=O) groups excluding carboxylic acids is 2. The second-order valence-corrected chi connectivity index (χ2v) is 4.04. The molecular formula is C14H16N2O4. The van der Waals surface area contributed by atoms with E-state index in [-0.39, 0.29) is 11.8 Å². The SMILES string of the molecule is CC(=O)NCCNC(=O)c1cccc(C=CC(=O)O)c1. The number of carboxylic acids is 1. The number of carbonyl (C=O) groups is 3. The summed E-state index contributed by atoms with van der Waals surface area (Å²) >= 11 is 0. The van der Waals surface area contributed by atoms with Gasteiger partial charge in [0, 0.05) is 31.7 Å². The van der Waals surface area contributed by atoms with Crippen molar-refractivity contribution in [2.45, 2.75) is 6.92 Å². The molecule has 0 radical (unpaired) electrons.